The van der Waals surface area contributed by atoms with Gasteiger partial charge in [-0.25, -0.2) is 10.9 Å². The Bertz CT molecular complexity index is 415. The van der Waals surface area contributed by atoms with Crippen molar-refractivity contribution in [2.45, 2.75) is 55.1 Å². The van der Waals surface area contributed by atoms with E-state index in [0.717, 1.165) is 22.5 Å². The van der Waals surface area contributed by atoms with Crippen molar-refractivity contribution in [3.05, 3.63) is 30.3 Å². The molecule has 0 spiro atoms. The molecule has 1 unspecified atom stereocenters. The molecule has 1 heteroatoms. The van der Waals surface area contributed by atoms with Crippen LogP contribution in [0.5, 0.6) is 0 Å². The van der Waals surface area contributed by atoms with Crippen LogP contribution < -0.4 is 0 Å². The lowest BCUT2D eigenvalue weighted by Gasteiger charge is -2.60. The zero-order valence-electron chi connectivity index (χ0n) is 12.0. The molecule has 4 fully saturated rings. The first-order valence-electron chi connectivity index (χ1n) is 8.12. The molecule has 0 aromatic heterocycles. The Morgan fingerprint density at radius 3 is 1.95 bits per heavy atom. The predicted molar refractivity (Wildman–Crippen MR) is 85.1 cm³/mol. The van der Waals surface area contributed by atoms with E-state index in [-0.39, 0.29) is 10.9 Å². The lowest BCUT2D eigenvalue weighted by Crippen LogP contribution is -2.50. The molecule has 4 bridgehead atoms. The van der Waals surface area contributed by atoms with Gasteiger partial charge in [-0.15, -0.1) is 0 Å². The summed E-state index contributed by atoms with van der Waals surface area (Å²) >= 11 is 0. The molecule has 104 valence electrons. The van der Waals surface area contributed by atoms with E-state index in [1.165, 1.54) is 5.75 Å². The fraction of sp³-hybridized carbons (Fsp3) is 0.667. The van der Waals surface area contributed by atoms with E-state index in [9.17, 15) is 0 Å². The van der Waals surface area contributed by atoms with Gasteiger partial charge in [0.2, 0.25) is 0 Å². The maximum atomic E-state index is 2.44. The predicted octanol–water partition coefficient (Wildman–Crippen LogP) is 5.04. The highest BCUT2D eigenvalue weighted by Gasteiger charge is 2.52. The number of thiol groups is 1. The molecular weight excluding hydrogens is 248 g/mol. The van der Waals surface area contributed by atoms with Crippen molar-refractivity contribution in [2.75, 3.05) is 5.75 Å². The molecule has 0 heterocycles. The molecule has 4 aliphatic carbocycles. The van der Waals surface area contributed by atoms with Gasteiger partial charge in [-0.2, -0.15) is 0 Å². The SMILES string of the molecule is CC[SH](c1ccccc1)C12CC3CC(CC(C3)C1)C2. The summed E-state index contributed by atoms with van der Waals surface area (Å²) in [6.07, 6.45) is 9.40. The second-order valence-electron chi connectivity index (χ2n) is 7.22. The minimum atomic E-state index is 0.0723. The molecule has 1 atom stereocenters. The van der Waals surface area contributed by atoms with Crippen molar-refractivity contribution < 1.29 is 0 Å². The lowest BCUT2D eigenvalue weighted by molar-refractivity contribution is 0.0373. The van der Waals surface area contributed by atoms with E-state index in [1.54, 1.807) is 43.4 Å². The van der Waals surface area contributed by atoms with Crippen LogP contribution in [0.15, 0.2) is 35.2 Å². The molecule has 4 saturated carbocycles. The van der Waals surface area contributed by atoms with Gasteiger partial charge in [0.25, 0.3) is 0 Å². The second kappa shape index (κ2) is 4.55. The van der Waals surface area contributed by atoms with Gasteiger partial charge in [0.15, 0.2) is 0 Å². The van der Waals surface area contributed by atoms with Crippen molar-refractivity contribution in [3.63, 3.8) is 0 Å². The zero-order valence-corrected chi connectivity index (χ0v) is 12.9. The molecule has 0 nitrogen and oxygen atoms in total. The number of hydrogen-bond acceptors (Lipinski definition) is 0. The maximum absolute atomic E-state index is 2.44. The first kappa shape index (κ1) is 12.3. The normalized spacial score (nSPS) is 42.4. The third-order valence-corrected chi connectivity index (χ3v) is 9.21. The molecule has 0 radical (unpaired) electrons. The highest BCUT2D eigenvalue weighted by atomic mass is 32.2. The summed E-state index contributed by atoms with van der Waals surface area (Å²) in [6, 6.07) is 11.5. The van der Waals surface area contributed by atoms with Crippen molar-refractivity contribution in [2.24, 2.45) is 17.8 Å². The van der Waals surface area contributed by atoms with Crippen LogP contribution in [0, 0.1) is 17.8 Å². The Morgan fingerprint density at radius 1 is 0.947 bits per heavy atom. The molecule has 1 aromatic rings. The van der Waals surface area contributed by atoms with E-state index in [1.807, 2.05) is 0 Å². The van der Waals surface area contributed by atoms with E-state index in [2.05, 4.69) is 37.3 Å². The largest absolute Gasteiger partial charge is 0.221 e. The van der Waals surface area contributed by atoms with Crippen molar-refractivity contribution in [1.82, 2.24) is 0 Å². The molecule has 1 aromatic carbocycles. The highest BCUT2D eigenvalue weighted by Crippen LogP contribution is 2.66. The Labute approximate surface area is 120 Å². The summed E-state index contributed by atoms with van der Waals surface area (Å²) in [7, 11) is 0.0723. The van der Waals surface area contributed by atoms with Gasteiger partial charge in [-0.3, -0.25) is 0 Å². The van der Waals surface area contributed by atoms with Crippen LogP contribution >= 0.6 is 10.9 Å². The first-order valence-corrected chi connectivity index (χ1v) is 9.64. The fourth-order valence-electron chi connectivity index (χ4n) is 5.80. The van der Waals surface area contributed by atoms with Crippen LogP contribution in [-0.2, 0) is 0 Å². The molecule has 0 saturated heterocycles. The van der Waals surface area contributed by atoms with E-state index < -0.39 is 0 Å². The Morgan fingerprint density at radius 2 is 1.47 bits per heavy atom. The number of rotatable bonds is 3. The summed E-state index contributed by atoms with van der Waals surface area (Å²) in [5.41, 5.74) is 0. The lowest BCUT2D eigenvalue weighted by atomic mass is 9.56. The monoisotopic (exact) mass is 274 g/mol. The average molecular weight is 274 g/mol. The van der Waals surface area contributed by atoms with Gasteiger partial charge >= 0.3 is 0 Å². The molecule has 5 rings (SSSR count). The molecular formula is C18H26S. The standard InChI is InChI=1S/C18H26S/c1-2-19(17-6-4-3-5-7-17)18-11-14-8-15(12-18)10-16(9-14)13-18/h3-7,14-16,19H,2,8-13H2,1H3. The first-order chi connectivity index (χ1) is 9.29. The Hall–Kier alpha value is -0.430. The van der Waals surface area contributed by atoms with Gasteiger partial charge in [0.05, 0.1) is 0 Å². The van der Waals surface area contributed by atoms with Crippen LogP contribution in [0.4, 0.5) is 0 Å². The van der Waals surface area contributed by atoms with Crippen molar-refractivity contribution in [3.8, 4) is 0 Å². The topological polar surface area (TPSA) is 0 Å². The minimum absolute atomic E-state index is 0.0723. The quantitative estimate of drug-likeness (QED) is 0.734. The van der Waals surface area contributed by atoms with Crippen LogP contribution in [0.3, 0.4) is 0 Å². The molecule has 0 amide bonds. The Balaban J connectivity index is 1.70. The molecule has 19 heavy (non-hydrogen) atoms. The maximum Gasteiger partial charge on any atom is 0.00236 e. The van der Waals surface area contributed by atoms with Crippen LogP contribution in [0.25, 0.3) is 0 Å². The summed E-state index contributed by atoms with van der Waals surface area (Å²) in [6.45, 7) is 2.44. The van der Waals surface area contributed by atoms with Gasteiger partial charge < -0.3 is 0 Å². The van der Waals surface area contributed by atoms with Crippen LogP contribution in [0.1, 0.15) is 45.4 Å². The van der Waals surface area contributed by atoms with Gasteiger partial charge in [0, 0.05) is 4.75 Å². The van der Waals surface area contributed by atoms with Crippen LogP contribution in [0.2, 0.25) is 0 Å². The Kier molecular flexibility index (Phi) is 2.95. The number of benzene rings is 1. The van der Waals surface area contributed by atoms with E-state index in [0.29, 0.717) is 0 Å². The van der Waals surface area contributed by atoms with Gasteiger partial charge in [0.1, 0.15) is 0 Å². The average Bonchev–Trinajstić information content (AvgIpc) is 2.38. The molecule has 4 aliphatic rings. The third-order valence-electron chi connectivity index (χ3n) is 5.96. The number of hydrogen-bond donors (Lipinski definition) is 1. The van der Waals surface area contributed by atoms with Crippen molar-refractivity contribution in [1.29, 1.82) is 0 Å². The van der Waals surface area contributed by atoms with E-state index >= 15 is 0 Å². The van der Waals surface area contributed by atoms with Gasteiger partial charge in [-0.05, 0) is 66.9 Å². The summed E-state index contributed by atoms with van der Waals surface area (Å²) in [5, 5.41) is 0. The summed E-state index contributed by atoms with van der Waals surface area (Å²) < 4.78 is 0.736. The smallest absolute Gasteiger partial charge is 0.00236 e. The van der Waals surface area contributed by atoms with Gasteiger partial charge in [-0.1, -0.05) is 37.3 Å². The van der Waals surface area contributed by atoms with Crippen molar-refractivity contribution >= 4 is 10.9 Å². The third kappa shape index (κ3) is 1.96. The van der Waals surface area contributed by atoms with E-state index in [4.69, 9.17) is 0 Å². The van der Waals surface area contributed by atoms with Crippen LogP contribution in [-0.4, -0.2) is 10.5 Å². The highest BCUT2D eigenvalue weighted by molar-refractivity contribution is 8.18. The zero-order chi connectivity index (χ0) is 12.9. The summed E-state index contributed by atoms with van der Waals surface area (Å²) in [4.78, 5) is 1.68. The second-order valence-corrected chi connectivity index (χ2v) is 10.2. The molecule has 0 aliphatic heterocycles. The minimum Gasteiger partial charge on any atom is -0.221 e. The molecule has 0 N–H and O–H groups in total. The summed E-state index contributed by atoms with van der Waals surface area (Å²) in [5.74, 6) is 4.66. The fourth-order valence-corrected chi connectivity index (χ4v) is 9.35.